The predicted molar refractivity (Wildman–Crippen MR) is 79.8 cm³/mol. The summed E-state index contributed by atoms with van der Waals surface area (Å²) in [7, 11) is -3.48. The summed E-state index contributed by atoms with van der Waals surface area (Å²) in [6.07, 6.45) is 3.34. The maximum atomic E-state index is 12.3. The van der Waals surface area contributed by atoms with Crippen molar-refractivity contribution in [3.8, 4) is 0 Å². The summed E-state index contributed by atoms with van der Waals surface area (Å²) in [5.41, 5.74) is 0.389. The minimum Gasteiger partial charge on any atom is -0.478 e. The minimum atomic E-state index is -3.48. The first-order chi connectivity index (χ1) is 10.4. The summed E-state index contributed by atoms with van der Waals surface area (Å²) in [6, 6.07) is 5.78. The van der Waals surface area contributed by atoms with Crippen LogP contribution in [0.3, 0.4) is 0 Å². The molecule has 1 saturated heterocycles. The van der Waals surface area contributed by atoms with E-state index in [9.17, 15) is 18.0 Å². The molecule has 2 N–H and O–H groups in total. The fraction of sp³-hybridized carbons (Fsp3) is 0.286. The molecular weight excluding hydrogens is 308 g/mol. The van der Waals surface area contributed by atoms with Gasteiger partial charge in [-0.05, 0) is 37.1 Å². The molecule has 1 amide bonds. The number of sulfonamides is 1. The van der Waals surface area contributed by atoms with E-state index in [1.54, 1.807) is 0 Å². The number of carbonyl (C=O) groups excluding carboxylic acids is 1. The number of nitrogens with zero attached hydrogens (tertiary/aromatic N) is 1. The van der Waals surface area contributed by atoms with Gasteiger partial charge in [-0.1, -0.05) is 0 Å². The highest BCUT2D eigenvalue weighted by Gasteiger charge is 2.26. The molecule has 0 spiro atoms. The van der Waals surface area contributed by atoms with Crippen LogP contribution in [0.2, 0.25) is 0 Å². The van der Waals surface area contributed by atoms with Crippen LogP contribution in [0.15, 0.2) is 41.3 Å². The van der Waals surface area contributed by atoms with Gasteiger partial charge in [0.1, 0.15) is 0 Å². The van der Waals surface area contributed by atoms with Crippen molar-refractivity contribution >= 4 is 27.6 Å². The Morgan fingerprint density at radius 2 is 1.68 bits per heavy atom. The van der Waals surface area contributed by atoms with Crippen LogP contribution in [0.4, 0.5) is 5.69 Å². The number of rotatable bonds is 5. The van der Waals surface area contributed by atoms with Crippen LogP contribution >= 0.6 is 0 Å². The molecule has 22 heavy (non-hydrogen) atoms. The zero-order chi connectivity index (χ0) is 16.2. The third-order valence-corrected chi connectivity index (χ3v) is 5.11. The van der Waals surface area contributed by atoms with Crippen molar-refractivity contribution < 1.29 is 23.1 Å². The maximum absolute atomic E-state index is 12.3. The summed E-state index contributed by atoms with van der Waals surface area (Å²) in [4.78, 5) is 21.9. The second kappa shape index (κ2) is 6.71. The quantitative estimate of drug-likeness (QED) is 0.788. The monoisotopic (exact) mass is 324 g/mol. The number of hydrogen-bond acceptors (Lipinski definition) is 4. The molecule has 2 rings (SSSR count). The summed E-state index contributed by atoms with van der Waals surface area (Å²) in [6.45, 7) is 1.06. The molecule has 0 atom stereocenters. The molecule has 1 heterocycles. The zero-order valence-electron chi connectivity index (χ0n) is 11.7. The molecule has 1 aliphatic heterocycles. The number of carboxylic acid groups (broad SMARTS) is 1. The van der Waals surface area contributed by atoms with Gasteiger partial charge in [0.05, 0.1) is 4.90 Å². The van der Waals surface area contributed by atoms with Crippen LogP contribution in [0.1, 0.15) is 12.8 Å². The van der Waals surface area contributed by atoms with E-state index in [1.807, 2.05) is 0 Å². The SMILES string of the molecule is O=C(O)/C=C\C(=O)Nc1ccc(S(=O)(=O)N2CCCC2)cc1. The average Bonchev–Trinajstić information content (AvgIpc) is 3.00. The van der Waals surface area contributed by atoms with E-state index in [0.717, 1.165) is 25.0 Å². The van der Waals surface area contributed by atoms with E-state index in [0.29, 0.717) is 18.8 Å². The Kier molecular flexibility index (Phi) is 4.94. The Hall–Kier alpha value is -2.19. The molecule has 1 aromatic carbocycles. The van der Waals surface area contributed by atoms with Gasteiger partial charge >= 0.3 is 5.97 Å². The molecule has 1 aliphatic rings. The summed E-state index contributed by atoms with van der Waals surface area (Å²) in [5, 5.41) is 10.9. The molecule has 118 valence electrons. The second-order valence-corrected chi connectivity index (χ2v) is 6.73. The van der Waals surface area contributed by atoms with Gasteiger partial charge in [0.2, 0.25) is 15.9 Å². The van der Waals surface area contributed by atoms with Gasteiger partial charge in [-0.15, -0.1) is 0 Å². The van der Waals surface area contributed by atoms with Gasteiger partial charge in [-0.3, -0.25) is 4.79 Å². The van der Waals surface area contributed by atoms with E-state index >= 15 is 0 Å². The molecule has 0 radical (unpaired) electrons. The number of carboxylic acids is 1. The topological polar surface area (TPSA) is 104 Å². The molecule has 0 bridgehead atoms. The van der Waals surface area contributed by atoms with Crippen LogP contribution in [-0.2, 0) is 19.6 Å². The zero-order valence-corrected chi connectivity index (χ0v) is 12.5. The predicted octanol–water partition coefficient (Wildman–Crippen LogP) is 1.05. The molecule has 7 nitrogen and oxygen atoms in total. The Bertz CT molecular complexity index is 688. The van der Waals surface area contributed by atoms with Crippen LogP contribution in [-0.4, -0.2) is 42.8 Å². The molecule has 1 fully saturated rings. The van der Waals surface area contributed by atoms with Crippen molar-refractivity contribution in [1.29, 1.82) is 0 Å². The Morgan fingerprint density at radius 3 is 2.23 bits per heavy atom. The van der Waals surface area contributed by atoms with E-state index in [4.69, 9.17) is 5.11 Å². The van der Waals surface area contributed by atoms with Gasteiger partial charge in [-0.25, -0.2) is 13.2 Å². The van der Waals surface area contributed by atoms with Gasteiger partial charge in [0.25, 0.3) is 0 Å². The lowest BCUT2D eigenvalue weighted by atomic mass is 10.3. The van der Waals surface area contributed by atoms with Crippen molar-refractivity contribution in [3.63, 3.8) is 0 Å². The Labute approximate surface area is 128 Å². The van der Waals surface area contributed by atoms with Crippen molar-refractivity contribution in [2.24, 2.45) is 0 Å². The number of anilines is 1. The minimum absolute atomic E-state index is 0.175. The van der Waals surface area contributed by atoms with Gasteiger partial charge in [0, 0.05) is 30.9 Å². The number of benzene rings is 1. The van der Waals surface area contributed by atoms with E-state index in [1.165, 1.54) is 28.6 Å². The highest BCUT2D eigenvalue weighted by molar-refractivity contribution is 7.89. The first kappa shape index (κ1) is 16.2. The lowest BCUT2D eigenvalue weighted by Gasteiger charge is -2.15. The standard InChI is InChI=1S/C14H16N2O5S/c17-13(7-8-14(18)19)15-11-3-5-12(6-4-11)22(20,21)16-9-1-2-10-16/h3-8H,1-2,9-10H2,(H,15,17)(H,18,19)/b8-7-. The van der Waals surface area contributed by atoms with E-state index in [2.05, 4.69) is 5.32 Å². The Balaban J connectivity index is 2.07. The molecule has 0 aromatic heterocycles. The average molecular weight is 324 g/mol. The highest BCUT2D eigenvalue weighted by atomic mass is 32.2. The third kappa shape index (κ3) is 3.92. The first-order valence-electron chi connectivity index (χ1n) is 6.72. The van der Waals surface area contributed by atoms with E-state index in [-0.39, 0.29) is 4.90 Å². The number of amides is 1. The van der Waals surface area contributed by atoms with Crippen molar-refractivity contribution in [1.82, 2.24) is 4.31 Å². The molecule has 1 aromatic rings. The fourth-order valence-electron chi connectivity index (χ4n) is 2.12. The number of hydrogen-bond donors (Lipinski definition) is 2. The first-order valence-corrected chi connectivity index (χ1v) is 8.16. The number of carbonyl (C=O) groups is 2. The fourth-order valence-corrected chi connectivity index (χ4v) is 3.64. The van der Waals surface area contributed by atoms with Gasteiger partial charge < -0.3 is 10.4 Å². The van der Waals surface area contributed by atoms with Crippen LogP contribution < -0.4 is 5.32 Å². The molecule has 8 heteroatoms. The van der Waals surface area contributed by atoms with Crippen molar-refractivity contribution in [2.45, 2.75) is 17.7 Å². The molecule has 0 saturated carbocycles. The number of nitrogens with one attached hydrogen (secondary N) is 1. The largest absolute Gasteiger partial charge is 0.478 e. The third-order valence-electron chi connectivity index (χ3n) is 3.20. The molecular formula is C14H16N2O5S. The van der Waals surface area contributed by atoms with Gasteiger partial charge in [-0.2, -0.15) is 4.31 Å². The molecule has 0 unspecified atom stereocenters. The smallest absolute Gasteiger partial charge is 0.328 e. The Morgan fingerprint density at radius 1 is 1.09 bits per heavy atom. The summed E-state index contributed by atoms with van der Waals surface area (Å²) in [5.74, 6) is -1.82. The molecule has 0 aliphatic carbocycles. The van der Waals surface area contributed by atoms with Crippen molar-refractivity contribution in [3.05, 3.63) is 36.4 Å². The van der Waals surface area contributed by atoms with Crippen LogP contribution in [0.25, 0.3) is 0 Å². The van der Waals surface area contributed by atoms with Gasteiger partial charge in [0.15, 0.2) is 0 Å². The highest BCUT2D eigenvalue weighted by Crippen LogP contribution is 2.22. The van der Waals surface area contributed by atoms with Crippen LogP contribution in [0.5, 0.6) is 0 Å². The lowest BCUT2D eigenvalue weighted by Crippen LogP contribution is -2.27. The van der Waals surface area contributed by atoms with E-state index < -0.39 is 21.9 Å². The van der Waals surface area contributed by atoms with Crippen molar-refractivity contribution in [2.75, 3.05) is 18.4 Å². The summed E-state index contributed by atoms with van der Waals surface area (Å²) >= 11 is 0. The maximum Gasteiger partial charge on any atom is 0.328 e. The summed E-state index contributed by atoms with van der Waals surface area (Å²) < 4.78 is 26.1. The number of aliphatic carboxylic acids is 1. The normalized spacial score (nSPS) is 16.0. The van der Waals surface area contributed by atoms with Crippen LogP contribution in [0, 0.1) is 0 Å². The second-order valence-electron chi connectivity index (χ2n) is 4.80. The lowest BCUT2D eigenvalue weighted by molar-refractivity contribution is -0.131.